The number of rotatable bonds is 7. The molecule has 0 atom stereocenters. The fourth-order valence-electron chi connectivity index (χ4n) is 1.37. The van der Waals surface area contributed by atoms with Gasteiger partial charge in [-0.3, -0.25) is 4.98 Å². The highest BCUT2D eigenvalue weighted by atomic mass is 15.1. The molecule has 0 fully saturated rings. The molecule has 1 aromatic heterocycles. The first-order chi connectivity index (χ1) is 8.13. The number of aromatic nitrogens is 2. The third kappa shape index (κ3) is 4.99. The third-order valence-electron chi connectivity index (χ3n) is 2.77. The van der Waals surface area contributed by atoms with Crippen molar-refractivity contribution < 1.29 is 0 Å². The summed E-state index contributed by atoms with van der Waals surface area (Å²) in [6.07, 6.45) is 4.55. The lowest BCUT2D eigenvalue weighted by atomic mass is 10.3. The van der Waals surface area contributed by atoms with Crippen molar-refractivity contribution in [3.05, 3.63) is 12.4 Å². The Balaban J connectivity index is 2.26. The van der Waals surface area contributed by atoms with Gasteiger partial charge in [0.2, 0.25) is 0 Å². The zero-order valence-corrected chi connectivity index (χ0v) is 11.2. The summed E-state index contributed by atoms with van der Waals surface area (Å²) >= 11 is 0. The Labute approximate surface area is 104 Å². The highest BCUT2D eigenvalue weighted by Gasteiger charge is 2.02. The van der Waals surface area contributed by atoms with Crippen LogP contribution in [-0.2, 0) is 0 Å². The summed E-state index contributed by atoms with van der Waals surface area (Å²) in [6.45, 7) is 6.41. The van der Waals surface area contributed by atoms with Gasteiger partial charge in [-0.15, -0.1) is 0 Å². The lowest BCUT2D eigenvalue weighted by Crippen LogP contribution is -2.28. The molecule has 1 heterocycles. The molecule has 0 aliphatic carbocycles. The van der Waals surface area contributed by atoms with Crippen molar-refractivity contribution in [2.24, 2.45) is 0 Å². The lowest BCUT2D eigenvalue weighted by molar-refractivity contribution is 0.273. The Kier molecular flexibility index (Phi) is 5.69. The molecule has 2 N–H and O–H groups in total. The molecule has 0 aromatic carbocycles. The average Bonchev–Trinajstić information content (AvgIpc) is 2.34. The summed E-state index contributed by atoms with van der Waals surface area (Å²) < 4.78 is 0. The zero-order chi connectivity index (χ0) is 12.7. The van der Waals surface area contributed by atoms with E-state index in [4.69, 9.17) is 0 Å². The van der Waals surface area contributed by atoms with E-state index in [9.17, 15) is 0 Å². The van der Waals surface area contributed by atoms with Crippen LogP contribution in [-0.4, -0.2) is 48.1 Å². The van der Waals surface area contributed by atoms with Crippen LogP contribution in [0.2, 0.25) is 0 Å². The maximum absolute atomic E-state index is 4.34. The highest BCUT2D eigenvalue weighted by molar-refractivity contribution is 5.40. The van der Waals surface area contributed by atoms with E-state index in [1.807, 2.05) is 7.05 Å². The Morgan fingerprint density at radius 2 is 2.00 bits per heavy atom. The van der Waals surface area contributed by atoms with Gasteiger partial charge in [0.25, 0.3) is 0 Å². The van der Waals surface area contributed by atoms with Crippen LogP contribution in [0.25, 0.3) is 0 Å². The molecule has 5 nitrogen and oxygen atoms in total. The zero-order valence-electron chi connectivity index (χ0n) is 11.2. The first-order valence-corrected chi connectivity index (χ1v) is 6.07. The maximum atomic E-state index is 4.34. The molecule has 1 rings (SSSR count). The number of hydrogen-bond acceptors (Lipinski definition) is 5. The first kappa shape index (κ1) is 13.7. The van der Waals surface area contributed by atoms with Crippen LogP contribution < -0.4 is 10.6 Å². The molecule has 0 bridgehead atoms. The summed E-state index contributed by atoms with van der Waals surface area (Å²) in [5.41, 5.74) is 0. The minimum atomic E-state index is 0.599. The molecular formula is C12H23N5. The molecule has 0 unspecified atom stereocenters. The Hall–Kier alpha value is -1.36. The Bertz CT molecular complexity index is 326. The van der Waals surface area contributed by atoms with Crippen molar-refractivity contribution in [3.8, 4) is 0 Å². The van der Waals surface area contributed by atoms with E-state index in [0.29, 0.717) is 6.04 Å². The van der Waals surface area contributed by atoms with Crippen LogP contribution in [0.15, 0.2) is 12.4 Å². The van der Waals surface area contributed by atoms with Crippen LogP contribution in [0.5, 0.6) is 0 Å². The van der Waals surface area contributed by atoms with Crippen LogP contribution >= 0.6 is 0 Å². The van der Waals surface area contributed by atoms with Gasteiger partial charge < -0.3 is 15.5 Å². The van der Waals surface area contributed by atoms with E-state index >= 15 is 0 Å². The molecule has 0 spiro atoms. The van der Waals surface area contributed by atoms with E-state index < -0.39 is 0 Å². The smallest absolute Gasteiger partial charge is 0.146 e. The summed E-state index contributed by atoms with van der Waals surface area (Å²) in [5.74, 6) is 1.61. The number of anilines is 2. The number of nitrogens with one attached hydrogen (secondary N) is 2. The van der Waals surface area contributed by atoms with E-state index in [-0.39, 0.29) is 0 Å². The number of nitrogens with zero attached hydrogens (tertiary/aromatic N) is 3. The van der Waals surface area contributed by atoms with E-state index in [0.717, 1.165) is 31.1 Å². The Morgan fingerprint density at radius 1 is 1.29 bits per heavy atom. The Morgan fingerprint density at radius 3 is 2.65 bits per heavy atom. The number of hydrogen-bond donors (Lipinski definition) is 2. The predicted octanol–water partition coefficient (Wildman–Crippen LogP) is 1.66. The van der Waals surface area contributed by atoms with Crippen LogP contribution in [0.3, 0.4) is 0 Å². The van der Waals surface area contributed by atoms with Crippen molar-refractivity contribution in [1.82, 2.24) is 14.9 Å². The van der Waals surface area contributed by atoms with Crippen LogP contribution in [0, 0.1) is 0 Å². The molecule has 96 valence electrons. The minimum absolute atomic E-state index is 0.599. The van der Waals surface area contributed by atoms with Crippen LogP contribution in [0.4, 0.5) is 11.6 Å². The predicted molar refractivity (Wildman–Crippen MR) is 72.5 cm³/mol. The van der Waals surface area contributed by atoms with Gasteiger partial charge in [0.1, 0.15) is 11.6 Å². The van der Waals surface area contributed by atoms with Gasteiger partial charge >= 0.3 is 0 Å². The van der Waals surface area contributed by atoms with Crippen LogP contribution in [0.1, 0.15) is 20.3 Å². The van der Waals surface area contributed by atoms with Gasteiger partial charge in [0.05, 0.1) is 12.4 Å². The standard InChI is InChI=1S/C12H23N5/c1-10(2)17(4)7-5-6-15-12-9-14-8-11(13-3)16-12/h8-10H,5-7H2,1-4H3,(H2,13,15,16). The molecular weight excluding hydrogens is 214 g/mol. The van der Waals surface area contributed by atoms with Gasteiger partial charge in [-0.05, 0) is 33.9 Å². The SMILES string of the molecule is CNc1cncc(NCCCN(C)C(C)C)n1. The van der Waals surface area contributed by atoms with E-state index in [2.05, 4.69) is 46.4 Å². The molecule has 0 amide bonds. The topological polar surface area (TPSA) is 53.1 Å². The second-order valence-electron chi connectivity index (χ2n) is 4.39. The maximum Gasteiger partial charge on any atom is 0.146 e. The lowest BCUT2D eigenvalue weighted by Gasteiger charge is -2.20. The average molecular weight is 237 g/mol. The normalized spacial score (nSPS) is 10.9. The molecule has 5 heteroatoms. The summed E-state index contributed by atoms with van der Waals surface area (Å²) in [6, 6.07) is 0.599. The van der Waals surface area contributed by atoms with Gasteiger partial charge in [-0.1, -0.05) is 0 Å². The largest absolute Gasteiger partial charge is 0.372 e. The molecule has 0 aliphatic heterocycles. The molecule has 0 saturated carbocycles. The molecule has 0 saturated heterocycles. The molecule has 0 radical (unpaired) electrons. The first-order valence-electron chi connectivity index (χ1n) is 6.07. The molecule has 0 aliphatic rings. The third-order valence-corrected chi connectivity index (χ3v) is 2.77. The summed E-state index contributed by atoms with van der Waals surface area (Å²) in [7, 11) is 3.98. The van der Waals surface area contributed by atoms with Gasteiger partial charge in [-0.25, -0.2) is 4.98 Å². The fourth-order valence-corrected chi connectivity index (χ4v) is 1.37. The van der Waals surface area contributed by atoms with Crippen molar-refractivity contribution in [2.45, 2.75) is 26.3 Å². The van der Waals surface area contributed by atoms with Crippen molar-refractivity contribution >= 4 is 11.6 Å². The van der Waals surface area contributed by atoms with E-state index in [1.165, 1.54) is 0 Å². The summed E-state index contributed by atoms with van der Waals surface area (Å²) in [5, 5.41) is 6.24. The minimum Gasteiger partial charge on any atom is -0.372 e. The van der Waals surface area contributed by atoms with Gasteiger partial charge in [-0.2, -0.15) is 0 Å². The highest BCUT2D eigenvalue weighted by Crippen LogP contribution is 2.05. The molecule has 1 aromatic rings. The van der Waals surface area contributed by atoms with Gasteiger partial charge in [0.15, 0.2) is 0 Å². The molecule has 17 heavy (non-hydrogen) atoms. The fraction of sp³-hybridized carbons (Fsp3) is 0.667. The van der Waals surface area contributed by atoms with E-state index in [1.54, 1.807) is 12.4 Å². The van der Waals surface area contributed by atoms with Crippen molar-refractivity contribution in [1.29, 1.82) is 0 Å². The van der Waals surface area contributed by atoms with Crippen molar-refractivity contribution in [3.63, 3.8) is 0 Å². The second-order valence-corrected chi connectivity index (χ2v) is 4.39. The van der Waals surface area contributed by atoms with Gasteiger partial charge in [0, 0.05) is 19.6 Å². The summed E-state index contributed by atoms with van der Waals surface area (Å²) in [4.78, 5) is 10.8. The quantitative estimate of drug-likeness (QED) is 0.706. The monoisotopic (exact) mass is 237 g/mol. The second kappa shape index (κ2) is 7.06. The van der Waals surface area contributed by atoms with Crippen molar-refractivity contribution in [2.75, 3.05) is 37.8 Å².